The number of carbonyl (C=O) groups is 1. The first-order valence-corrected chi connectivity index (χ1v) is 7.54. The topological polar surface area (TPSA) is 94.4 Å². The maximum atomic E-state index is 12.0. The number of amides is 1. The number of likely N-dealkylation sites (N-methyl/N-ethyl adjacent to an activating group) is 1. The van der Waals surface area contributed by atoms with E-state index in [-0.39, 0.29) is 10.9 Å². The molecule has 0 spiro atoms. The molecule has 0 bridgehead atoms. The highest BCUT2D eigenvalue weighted by molar-refractivity contribution is 7.91. The van der Waals surface area contributed by atoms with Gasteiger partial charge in [-0.15, -0.1) is 5.10 Å². The van der Waals surface area contributed by atoms with Crippen LogP contribution in [0.3, 0.4) is 0 Å². The normalized spacial score (nSPS) is 11.5. The Labute approximate surface area is 112 Å². The van der Waals surface area contributed by atoms with Gasteiger partial charge in [0.1, 0.15) is 6.33 Å². The molecule has 0 aliphatic carbocycles. The summed E-state index contributed by atoms with van der Waals surface area (Å²) in [5, 5.41) is 3.39. The van der Waals surface area contributed by atoms with Gasteiger partial charge in [-0.2, -0.15) is 4.68 Å². The summed E-state index contributed by atoms with van der Waals surface area (Å²) in [5.41, 5.74) is 0. The lowest BCUT2D eigenvalue weighted by atomic mass is 10.5. The maximum absolute atomic E-state index is 12.0. The average Bonchev–Trinajstić information content (AvgIpc) is 2.89. The van der Waals surface area contributed by atoms with Crippen LogP contribution in [0.25, 0.3) is 0 Å². The molecule has 1 rings (SSSR count). The fourth-order valence-electron chi connectivity index (χ4n) is 1.35. The fourth-order valence-corrected chi connectivity index (χ4v) is 2.03. The van der Waals surface area contributed by atoms with Crippen LogP contribution in [0, 0.1) is 0 Å². The van der Waals surface area contributed by atoms with E-state index in [4.69, 9.17) is 4.74 Å². The summed E-state index contributed by atoms with van der Waals surface area (Å²) >= 11 is 0. The molecule has 9 heteroatoms. The summed E-state index contributed by atoms with van der Waals surface area (Å²) in [7, 11) is -1.96. The van der Waals surface area contributed by atoms with Gasteiger partial charge >= 0.3 is 6.03 Å². The first-order valence-electron chi connectivity index (χ1n) is 5.88. The Kier molecular flexibility index (Phi) is 5.43. The van der Waals surface area contributed by atoms with Gasteiger partial charge in [0.2, 0.25) is 9.84 Å². The van der Waals surface area contributed by atoms with Crippen molar-refractivity contribution >= 4 is 15.9 Å². The molecule has 0 aliphatic rings. The second-order valence-electron chi connectivity index (χ2n) is 3.73. The summed E-state index contributed by atoms with van der Waals surface area (Å²) in [6.07, 6.45) is 1.11. The van der Waals surface area contributed by atoms with Crippen LogP contribution in [0.2, 0.25) is 0 Å². The number of aromatic nitrogens is 3. The molecule has 1 amide bonds. The molecule has 0 atom stereocenters. The second kappa shape index (κ2) is 6.62. The fraction of sp³-hybridized carbons (Fsp3) is 0.700. The van der Waals surface area contributed by atoms with Crippen LogP contribution in [0.4, 0.5) is 4.79 Å². The van der Waals surface area contributed by atoms with E-state index >= 15 is 0 Å². The van der Waals surface area contributed by atoms with Crippen molar-refractivity contribution in [2.45, 2.75) is 19.0 Å². The van der Waals surface area contributed by atoms with Crippen LogP contribution in [0.15, 0.2) is 11.5 Å². The molecule has 0 fully saturated rings. The molecule has 0 saturated carbocycles. The minimum Gasteiger partial charge on any atom is -0.383 e. The zero-order valence-electron chi connectivity index (χ0n) is 11.2. The lowest BCUT2D eigenvalue weighted by Gasteiger charge is -2.19. The molecule has 0 unspecified atom stereocenters. The van der Waals surface area contributed by atoms with E-state index in [0.717, 1.165) is 11.0 Å². The number of carbonyl (C=O) groups excluding carboxylic acids is 1. The predicted octanol–water partition coefficient (Wildman–Crippen LogP) is 0.00810. The van der Waals surface area contributed by atoms with E-state index in [2.05, 4.69) is 10.1 Å². The van der Waals surface area contributed by atoms with Gasteiger partial charge in [0, 0.05) is 20.2 Å². The molecule has 1 aromatic rings. The lowest BCUT2D eigenvalue weighted by molar-refractivity contribution is 0.150. The molecule has 108 valence electrons. The van der Waals surface area contributed by atoms with E-state index in [1.165, 1.54) is 11.8 Å². The van der Waals surface area contributed by atoms with E-state index in [1.807, 2.05) is 6.92 Å². The Morgan fingerprint density at radius 3 is 2.68 bits per heavy atom. The monoisotopic (exact) mass is 290 g/mol. The van der Waals surface area contributed by atoms with Crippen LogP contribution < -0.4 is 0 Å². The summed E-state index contributed by atoms with van der Waals surface area (Å²) in [6, 6.07) is -0.426. The van der Waals surface area contributed by atoms with Gasteiger partial charge in [-0.1, -0.05) is 6.92 Å². The Bertz CT molecular complexity index is 525. The third-order valence-electron chi connectivity index (χ3n) is 2.54. The van der Waals surface area contributed by atoms with E-state index in [9.17, 15) is 13.2 Å². The molecular formula is C10H18N4O4S. The quantitative estimate of drug-likeness (QED) is 0.732. The largest absolute Gasteiger partial charge is 0.383 e. The minimum absolute atomic E-state index is 0.105. The summed E-state index contributed by atoms with van der Waals surface area (Å²) in [4.78, 5) is 17.2. The maximum Gasteiger partial charge on any atom is 0.346 e. The third kappa shape index (κ3) is 3.74. The van der Waals surface area contributed by atoms with Crippen molar-refractivity contribution in [3.63, 3.8) is 0 Å². The summed E-state index contributed by atoms with van der Waals surface area (Å²) < 4.78 is 29.0. The van der Waals surface area contributed by atoms with Crippen LogP contribution in [-0.4, -0.2) is 66.7 Å². The van der Waals surface area contributed by atoms with Crippen molar-refractivity contribution < 1.29 is 17.9 Å². The van der Waals surface area contributed by atoms with E-state index < -0.39 is 15.9 Å². The molecular weight excluding hydrogens is 272 g/mol. The number of methoxy groups -OCH3 is 1. The highest BCUT2D eigenvalue weighted by Gasteiger charge is 2.21. The van der Waals surface area contributed by atoms with Gasteiger partial charge in [-0.3, -0.25) is 0 Å². The standard InChI is InChI=1S/C10H18N4O4S/c1-4-13(6-7-18-3)10(15)14-8-11-9(12-14)19(16,17)5-2/h8H,4-7H2,1-3H3. The molecule has 0 saturated heterocycles. The van der Waals surface area contributed by atoms with Crippen LogP contribution in [0.5, 0.6) is 0 Å². The van der Waals surface area contributed by atoms with Crippen LogP contribution in [-0.2, 0) is 14.6 Å². The minimum atomic E-state index is -3.50. The SMILES string of the molecule is CCN(CCOC)C(=O)n1cnc(S(=O)(=O)CC)n1. The van der Waals surface area contributed by atoms with E-state index in [0.29, 0.717) is 19.7 Å². The molecule has 0 N–H and O–H groups in total. The first-order chi connectivity index (χ1) is 8.96. The van der Waals surface area contributed by atoms with Gasteiger partial charge in [-0.05, 0) is 6.92 Å². The van der Waals surface area contributed by atoms with Crippen molar-refractivity contribution in [3.05, 3.63) is 6.33 Å². The number of ether oxygens (including phenoxy) is 1. The van der Waals surface area contributed by atoms with E-state index in [1.54, 1.807) is 7.11 Å². The Morgan fingerprint density at radius 1 is 1.47 bits per heavy atom. The van der Waals surface area contributed by atoms with Crippen LogP contribution >= 0.6 is 0 Å². The number of sulfone groups is 1. The molecule has 8 nitrogen and oxygen atoms in total. The first kappa shape index (κ1) is 15.6. The third-order valence-corrected chi connectivity index (χ3v) is 4.05. The highest BCUT2D eigenvalue weighted by Crippen LogP contribution is 2.04. The molecule has 1 heterocycles. The smallest absolute Gasteiger partial charge is 0.346 e. The van der Waals surface area contributed by atoms with Crippen molar-refractivity contribution in [1.82, 2.24) is 19.7 Å². The Balaban J connectivity index is 2.89. The molecule has 1 aromatic heterocycles. The van der Waals surface area contributed by atoms with Crippen molar-refractivity contribution in [2.75, 3.05) is 32.6 Å². The van der Waals surface area contributed by atoms with Gasteiger partial charge < -0.3 is 9.64 Å². The van der Waals surface area contributed by atoms with Crippen molar-refractivity contribution in [1.29, 1.82) is 0 Å². The summed E-state index contributed by atoms with van der Waals surface area (Å²) in [6.45, 7) is 4.58. The lowest BCUT2D eigenvalue weighted by Crippen LogP contribution is -2.37. The zero-order chi connectivity index (χ0) is 14.5. The highest BCUT2D eigenvalue weighted by atomic mass is 32.2. The molecule has 19 heavy (non-hydrogen) atoms. The number of nitrogens with zero attached hydrogens (tertiary/aromatic N) is 4. The molecule has 0 aromatic carbocycles. The number of rotatable bonds is 6. The van der Waals surface area contributed by atoms with Gasteiger partial charge in [-0.25, -0.2) is 18.2 Å². The van der Waals surface area contributed by atoms with Gasteiger partial charge in [0.25, 0.3) is 5.16 Å². The zero-order valence-corrected chi connectivity index (χ0v) is 12.1. The predicted molar refractivity (Wildman–Crippen MR) is 67.7 cm³/mol. The van der Waals surface area contributed by atoms with Crippen LogP contribution in [0.1, 0.15) is 13.8 Å². The number of hydrogen-bond donors (Lipinski definition) is 0. The average molecular weight is 290 g/mol. The van der Waals surface area contributed by atoms with Crippen molar-refractivity contribution in [3.8, 4) is 0 Å². The molecule has 0 radical (unpaired) electrons. The Hall–Kier alpha value is -1.48. The second-order valence-corrected chi connectivity index (χ2v) is 5.90. The van der Waals surface area contributed by atoms with Crippen molar-refractivity contribution in [2.24, 2.45) is 0 Å². The Morgan fingerprint density at radius 2 is 2.16 bits per heavy atom. The molecule has 0 aliphatic heterocycles. The van der Waals surface area contributed by atoms with Gasteiger partial charge in [0.15, 0.2) is 0 Å². The number of hydrogen-bond acceptors (Lipinski definition) is 6. The summed E-state index contributed by atoms with van der Waals surface area (Å²) in [5.74, 6) is -0.105. The van der Waals surface area contributed by atoms with Gasteiger partial charge in [0.05, 0.1) is 12.4 Å².